The molecule has 0 bridgehead atoms. The van der Waals surface area contributed by atoms with Crippen molar-refractivity contribution < 1.29 is 8.83 Å². The summed E-state index contributed by atoms with van der Waals surface area (Å²) in [6, 6.07) is 77.3. The van der Waals surface area contributed by atoms with Crippen LogP contribution < -0.4 is 26.3 Å². The second-order valence-corrected chi connectivity index (χ2v) is 18.8. The largest absolute Gasteiger partial charge is 0.456 e. The molecule has 10 aromatic carbocycles. The molecule has 4 aromatic heterocycles. The van der Waals surface area contributed by atoms with Crippen LogP contribution in [0.1, 0.15) is 0 Å². The lowest BCUT2D eigenvalue weighted by Gasteiger charge is -2.42. The predicted molar refractivity (Wildman–Crippen MR) is 285 cm³/mol. The highest BCUT2D eigenvalue weighted by atomic mass is 16.3. The number of hydrogen-bond donors (Lipinski definition) is 0. The maximum absolute atomic E-state index is 6.95. The van der Waals surface area contributed by atoms with Crippen molar-refractivity contribution in [3.8, 4) is 22.5 Å². The van der Waals surface area contributed by atoms with Crippen molar-refractivity contribution in [2.45, 2.75) is 0 Å². The van der Waals surface area contributed by atoms with E-state index in [9.17, 15) is 0 Å². The van der Waals surface area contributed by atoms with E-state index in [1.165, 1.54) is 55.1 Å². The third-order valence-electron chi connectivity index (χ3n) is 15.4. The summed E-state index contributed by atoms with van der Waals surface area (Å²) in [5.41, 5.74) is 22.2. The topological polar surface area (TPSA) is 42.6 Å². The molecule has 6 nitrogen and oxygen atoms in total. The molecule has 0 atom stereocenters. The Morgan fingerprint density at radius 1 is 0.348 bits per heavy atom. The third-order valence-corrected chi connectivity index (χ3v) is 15.4. The van der Waals surface area contributed by atoms with Gasteiger partial charge in [0, 0.05) is 78.0 Å². The average molecular weight is 879 g/mol. The molecule has 0 aliphatic carbocycles. The van der Waals surface area contributed by atoms with E-state index >= 15 is 0 Å². The average Bonchev–Trinajstić information content (AvgIpc) is 4.22. The van der Waals surface area contributed by atoms with Crippen molar-refractivity contribution >= 4 is 134 Å². The Hall–Kier alpha value is -9.20. The summed E-state index contributed by atoms with van der Waals surface area (Å²) in [4.78, 5) is 5.11. The van der Waals surface area contributed by atoms with Crippen LogP contribution in [-0.2, 0) is 0 Å². The number of nitrogens with zero attached hydrogens (tertiary/aromatic N) is 4. The minimum Gasteiger partial charge on any atom is -0.456 e. The molecule has 0 saturated heterocycles. The van der Waals surface area contributed by atoms with E-state index in [0.29, 0.717) is 0 Å². The molecule has 0 unspecified atom stereocenters. The summed E-state index contributed by atoms with van der Waals surface area (Å²) in [6.07, 6.45) is 0. The summed E-state index contributed by atoms with van der Waals surface area (Å²) in [6.45, 7) is -0.0742. The van der Waals surface area contributed by atoms with Crippen LogP contribution in [0.5, 0.6) is 0 Å². The molecule has 3 aliphatic rings. The Kier molecular flexibility index (Phi) is 6.69. The molecule has 0 fully saturated rings. The quantitative estimate of drug-likeness (QED) is 0.165. The lowest BCUT2D eigenvalue weighted by molar-refractivity contribution is 0.668. The molecule has 3 aliphatic heterocycles. The zero-order valence-corrected chi connectivity index (χ0v) is 36.9. The van der Waals surface area contributed by atoms with Crippen molar-refractivity contribution in [3.05, 3.63) is 212 Å². The first-order valence-electron chi connectivity index (χ1n) is 23.7. The number of para-hydroxylation sites is 7. The normalized spacial score (nSPS) is 13.4. The van der Waals surface area contributed by atoms with Crippen LogP contribution in [0, 0.1) is 0 Å². The van der Waals surface area contributed by atoms with Crippen LogP contribution in [0.25, 0.3) is 99.1 Å². The Morgan fingerprint density at radius 3 is 1.64 bits per heavy atom. The van der Waals surface area contributed by atoms with Crippen molar-refractivity contribution in [3.63, 3.8) is 0 Å². The van der Waals surface area contributed by atoms with Gasteiger partial charge in [-0.2, -0.15) is 0 Å². The van der Waals surface area contributed by atoms with Gasteiger partial charge in [0.2, 0.25) is 0 Å². The highest BCUT2D eigenvalue weighted by Gasteiger charge is 2.52. The number of hydrogen-bond acceptors (Lipinski definition) is 4. The molecule has 0 radical (unpaired) electrons. The molecule has 0 amide bonds. The zero-order valence-electron chi connectivity index (χ0n) is 36.9. The van der Waals surface area contributed by atoms with Crippen LogP contribution in [0.3, 0.4) is 0 Å². The van der Waals surface area contributed by atoms with Gasteiger partial charge in [-0.1, -0.05) is 133 Å². The first kappa shape index (κ1) is 36.0. The first-order chi connectivity index (χ1) is 34.3. The number of rotatable bonds is 4. The molecular formula is C62H35BN4O2. The summed E-state index contributed by atoms with van der Waals surface area (Å²) >= 11 is 0. The number of anilines is 6. The van der Waals surface area contributed by atoms with E-state index in [1.807, 2.05) is 6.07 Å². The van der Waals surface area contributed by atoms with Gasteiger partial charge in [0.25, 0.3) is 6.71 Å². The second-order valence-electron chi connectivity index (χ2n) is 18.8. The molecule has 17 rings (SSSR count). The minimum absolute atomic E-state index is 0.0742. The fraction of sp³-hybridized carbons (Fsp3) is 0. The van der Waals surface area contributed by atoms with Crippen LogP contribution in [0.15, 0.2) is 221 Å². The molecule has 69 heavy (non-hydrogen) atoms. The minimum atomic E-state index is -0.0742. The van der Waals surface area contributed by atoms with Gasteiger partial charge in [0.15, 0.2) is 0 Å². The number of benzene rings is 10. The maximum atomic E-state index is 6.95. The lowest BCUT2D eigenvalue weighted by Crippen LogP contribution is -2.59. The third kappa shape index (κ3) is 4.48. The molecule has 14 aromatic rings. The molecule has 7 heteroatoms. The lowest BCUT2D eigenvalue weighted by atomic mass is 9.36. The van der Waals surface area contributed by atoms with Crippen molar-refractivity contribution in [1.29, 1.82) is 0 Å². The Labute approximate surface area is 394 Å². The van der Waals surface area contributed by atoms with Gasteiger partial charge in [0.1, 0.15) is 22.3 Å². The maximum Gasteiger partial charge on any atom is 0.275 e. The van der Waals surface area contributed by atoms with E-state index in [1.54, 1.807) is 0 Å². The Morgan fingerprint density at radius 2 is 0.928 bits per heavy atom. The SMILES string of the molecule is c1ccc(N2c3cc(-n4c5ccccc5c5ccccc54)cc4c3B3c5c(cc6oc7ccccc7c6c5N4c4ccccc4)-n4c3c2c2cc(-c3cccc5c3oc3ccccc35)ccc24)cc1. The van der Waals surface area contributed by atoms with Crippen LogP contribution >= 0.6 is 0 Å². The van der Waals surface area contributed by atoms with Gasteiger partial charge in [-0.3, -0.25) is 0 Å². The van der Waals surface area contributed by atoms with Gasteiger partial charge in [-0.25, -0.2) is 0 Å². The van der Waals surface area contributed by atoms with E-state index in [4.69, 9.17) is 8.83 Å². The van der Waals surface area contributed by atoms with Crippen LogP contribution in [0.4, 0.5) is 34.1 Å². The van der Waals surface area contributed by atoms with E-state index in [-0.39, 0.29) is 6.71 Å². The molecule has 318 valence electrons. The smallest absolute Gasteiger partial charge is 0.275 e. The van der Waals surface area contributed by atoms with Gasteiger partial charge >= 0.3 is 0 Å². The van der Waals surface area contributed by atoms with Gasteiger partial charge < -0.3 is 27.8 Å². The standard InChI is InChI=1S/C62H35BN4O2/c1-3-16-37(17-4-1)65-50-33-39(64-47-26-11-7-20-41(47)42-21-8-12-27-48(42)64)34-51-57(50)63-58-52(35-55-56(45-23-10-14-29-54(45)68-55)60(58)66(51)38-18-5-2-6-19-38)67-49-31-30-36(32-46(49)59(65)62(63)67)40-24-15-25-44-43-22-9-13-28-53(43)69-61(40)44/h1-35H. The van der Waals surface area contributed by atoms with Crippen molar-refractivity contribution in [2.24, 2.45) is 0 Å². The van der Waals surface area contributed by atoms with E-state index in [0.717, 1.165) is 94.6 Å². The summed E-state index contributed by atoms with van der Waals surface area (Å²) in [7, 11) is 0. The predicted octanol–water partition coefficient (Wildman–Crippen LogP) is 14.6. The number of aromatic nitrogens is 2. The Bertz CT molecular complexity index is 4530. The van der Waals surface area contributed by atoms with Crippen molar-refractivity contribution in [2.75, 3.05) is 9.80 Å². The molecule has 0 spiro atoms. The zero-order chi connectivity index (χ0) is 44.6. The fourth-order valence-corrected chi connectivity index (χ4v) is 12.7. The van der Waals surface area contributed by atoms with Crippen LogP contribution in [-0.4, -0.2) is 15.8 Å². The monoisotopic (exact) mass is 878 g/mol. The second kappa shape index (κ2) is 12.8. The van der Waals surface area contributed by atoms with Gasteiger partial charge in [-0.05, 0) is 89.3 Å². The molecule has 0 saturated carbocycles. The summed E-state index contributed by atoms with van der Waals surface area (Å²) < 4.78 is 18.7. The Balaban J connectivity index is 1.06. The molecular weight excluding hydrogens is 844 g/mol. The highest BCUT2D eigenvalue weighted by Crippen LogP contribution is 2.54. The molecule has 0 N–H and O–H groups in total. The van der Waals surface area contributed by atoms with Gasteiger partial charge in [0.05, 0.1) is 39.0 Å². The first-order valence-corrected chi connectivity index (χ1v) is 23.7. The summed E-state index contributed by atoms with van der Waals surface area (Å²) in [5.74, 6) is 0. The van der Waals surface area contributed by atoms with E-state index < -0.39 is 0 Å². The van der Waals surface area contributed by atoms with Gasteiger partial charge in [-0.15, -0.1) is 0 Å². The number of furan rings is 2. The van der Waals surface area contributed by atoms with E-state index in [2.05, 4.69) is 225 Å². The highest BCUT2D eigenvalue weighted by molar-refractivity contribution is 7.02. The number of fused-ring (bicyclic) bond motifs is 14. The summed E-state index contributed by atoms with van der Waals surface area (Å²) in [5, 5.41) is 8.13. The van der Waals surface area contributed by atoms with Crippen molar-refractivity contribution in [1.82, 2.24) is 9.13 Å². The fourth-order valence-electron chi connectivity index (χ4n) is 12.7. The van der Waals surface area contributed by atoms with Crippen LogP contribution in [0.2, 0.25) is 0 Å². The molecule has 7 heterocycles.